The molecule has 0 spiro atoms. The van der Waals surface area contributed by atoms with Crippen LogP contribution in [0.25, 0.3) is 0 Å². The highest BCUT2D eigenvalue weighted by molar-refractivity contribution is 9.11. The van der Waals surface area contributed by atoms with Crippen LogP contribution in [0.3, 0.4) is 0 Å². The van der Waals surface area contributed by atoms with Gasteiger partial charge in [0, 0.05) is 25.7 Å². The predicted molar refractivity (Wildman–Crippen MR) is 116 cm³/mol. The van der Waals surface area contributed by atoms with Gasteiger partial charge in [0.2, 0.25) is 0 Å². The van der Waals surface area contributed by atoms with Crippen LogP contribution in [0.15, 0.2) is 74.6 Å². The maximum atomic E-state index is 6.12. The van der Waals surface area contributed by atoms with E-state index in [1.165, 1.54) is 0 Å². The van der Waals surface area contributed by atoms with Crippen molar-refractivity contribution >= 4 is 67.0 Å². The van der Waals surface area contributed by atoms with Crippen molar-refractivity contribution in [2.24, 2.45) is 4.99 Å². The van der Waals surface area contributed by atoms with Gasteiger partial charge < -0.3 is 4.74 Å². The van der Waals surface area contributed by atoms with Crippen LogP contribution in [0.4, 0.5) is 5.69 Å². The molecule has 0 saturated carbocycles. The molecular formula is C20H13Br2Cl2NO. The Bertz CT molecular complexity index is 943. The van der Waals surface area contributed by atoms with E-state index in [-0.39, 0.29) is 0 Å². The summed E-state index contributed by atoms with van der Waals surface area (Å²) in [4.78, 5) is 4.39. The fourth-order valence-corrected chi connectivity index (χ4v) is 3.80. The van der Waals surface area contributed by atoms with Crippen molar-refractivity contribution in [3.8, 4) is 5.75 Å². The number of nitrogens with zero attached hydrogens (tertiary/aromatic N) is 1. The summed E-state index contributed by atoms with van der Waals surface area (Å²) >= 11 is 19.0. The van der Waals surface area contributed by atoms with Gasteiger partial charge in [-0.05, 0) is 60.2 Å². The average Bonchev–Trinajstić information content (AvgIpc) is 2.61. The van der Waals surface area contributed by atoms with Crippen LogP contribution in [0, 0.1) is 0 Å². The van der Waals surface area contributed by atoms with Gasteiger partial charge in [0.1, 0.15) is 12.4 Å². The Hall–Kier alpha value is -1.33. The Morgan fingerprint density at radius 1 is 0.923 bits per heavy atom. The van der Waals surface area contributed by atoms with Crippen molar-refractivity contribution in [3.05, 3.63) is 90.8 Å². The topological polar surface area (TPSA) is 21.6 Å². The Kier molecular flexibility index (Phi) is 6.76. The number of hydrogen-bond donors (Lipinski definition) is 0. The molecule has 0 heterocycles. The SMILES string of the molecule is Clc1ccc(N=Cc2ccc(OCc3ccc(Br)cc3Br)cc2)c(Cl)c1. The number of rotatable bonds is 5. The maximum absolute atomic E-state index is 6.12. The Morgan fingerprint density at radius 2 is 1.69 bits per heavy atom. The lowest BCUT2D eigenvalue weighted by Gasteiger charge is -2.08. The zero-order chi connectivity index (χ0) is 18.5. The molecule has 0 aliphatic carbocycles. The minimum absolute atomic E-state index is 0.488. The lowest BCUT2D eigenvalue weighted by Crippen LogP contribution is -1.96. The highest BCUT2D eigenvalue weighted by Crippen LogP contribution is 2.28. The molecule has 0 amide bonds. The Balaban J connectivity index is 1.63. The van der Waals surface area contributed by atoms with Crippen LogP contribution < -0.4 is 4.74 Å². The number of hydrogen-bond acceptors (Lipinski definition) is 2. The van der Waals surface area contributed by atoms with Gasteiger partial charge in [-0.1, -0.05) is 61.1 Å². The number of ether oxygens (including phenoxy) is 1. The summed E-state index contributed by atoms with van der Waals surface area (Å²) in [6.07, 6.45) is 1.75. The second-order valence-corrected chi connectivity index (χ2v) is 8.06. The highest BCUT2D eigenvalue weighted by Gasteiger charge is 2.03. The molecular weight excluding hydrogens is 501 g/mol. The van der Waals surface area contributed by atoms with E-state index < -0.39 is 0 Å². The zero-order valence-electron chi connectivity index (χ0n) is 13.4. The molecule has 0 aliphatic heterocycles. The van der Waals surface area contributed by atoms with Gasteiger partial charge in [0.15, 0.2) is 0 Å². The van der Waals surface area contributed by atoms with Gasteiger partial charge in [0.05, 0.1) is 10.7 Å². The third-order valence-electron chi connectivity index (χ3n) is 3.55. The number of benzene rings is 3. The molecule has 3 aromatic carbocycles. The van der Waals surface area contributed by atoms with Crippen molar-refractivity contribution in [2.75, 3.05) is 0 Å². The van der Waals surface area contributed by atoms with E-state index in [0.29, 0.717) is 22.3 Å². The van der Waals surface area contributed by atoms with Crippen LogP contribution >= 0.6 is 55.1 Å². The summed E-state index contributed by atoms with van der Waals surface area (Å²) in [5, 5.41) is 1.11. The lowest BCUT2D eigenvalue weighted by molar-refractivity contribution is 0.305. The van der Waals surface area contributed by atoms with Crippen LogP contribution in [-0.2, 0) is 6.61 Å². The average molecular weight is 514 g/mol. The molecule has 0 fully saturated rings. The van der Waals surface area contributed by atoms with Gasteiger partial charge in [-0.25, -0.2) is 0 Å². The first-order chi connectivity index (χ1) is 12.5. The van der Waals surface area contributed by atoms with Gasteiger partial charge in [0.25, 0.3) is 0 Å². The quantitative estimate of drug-likeness (QED) is 0.318. The van der Waals surface area contributed by atoms with Gasteiger partial charge in [-0.3, -0.25) is 4.99 Å². The maximum Gasteiger partial charge on any atom is 0.119 e. The largest absolute Gasteiger partial charge is 0.489 e. The van der Waals surface area contributed by atoms with Crippen molar-refractivity contribution in [2.45, 2.75) is 6.61 Å². The molecule has 0 bridgehead atoms. The van der Waals surface area contributed by atoms with Crippen molar-refractivity contribution in [1.29, 1.82) is 0 Å². The normalized spacial score (nSPS) is 11.1. The van der Waals surface area contributed by atoms with E-state index in [0.717, 1.165) is 25.8 Å². The monoisotopic (exact) mass is 511 g/mol. The molecule has 0 N–H and O–H groups in total. The molecule has 6 heteroatoms. The van der Waals surface area contributed by atoms with Gasteiger partial charge >= 0.3 is 0 Å². The lowest BCUT2D eigenvalue weighted by atomic mass is 10.2. The Labute approximate surface area is 179 Å². The van der Waals surface area contributed by atoms with Gasteiger partial charge in [-0.15, -0.1) is 0 Å². The number of aliphatic imine (C=N–C) groups is 1. The number of halogens is 4. The fraction of sp³-hybridized carbons (Fsp3) is 0.0500. The van der Waals surface area contributed by atoms with E-state index in [2.05, 4.69) is 36.9 Å². The highest BCUT2D eigenvalue weighted by atomic mass is 79.9. The molecule has 0 aliphatic rings. The minimum atomic E-state index is 0.488. The van der Waals surface area contributed by atoms with Crippen LogP contribution in [-0.4, -0.2) is 6.21 Å². The van der Waals surface area contributed by atoms with Crippen LogP contribution in [0.1, 0.15) is 11.1 Å². The van der Waals surface area contributed by atoms with Crippen molar-refractivity contribution in [1.82, 2.24) is 0 Å². The van der Waals surface area contributed by atoms with Gasteiger partial charge in [-0.2, -0.15) is 0 Å². The van der Waals surface area contributed by atoms with E-state index in [9.17, 15) is 0 Å². The second-order valence-electron chi connectivity index (χ2n) is 5.45. The van der Waals surface area contributed by atoms with Crippen molar-refractivity contribution < 1.29 is 4.74 Å². The van der Waals surface area contributed by atoms with E-state index in [4.69, 9.17) is 27.9 Å². The zero-order valence-corrected chi connectivity index (χ0v) is 18.1. The van der Waals surface area contributed by atoms with Crippen LogP contribution in [0.5, 0.6) is 5.75 Å². The minimum Gasteiger partial charge on any atom is -0.489 e. The summed E-state index contributed by atoms with van der Waals surface area (Å²) in [6, 6.07) is 18.9. The van der Waals surface area contributed by atoms with E-state index in [1.807, 2.05) is 42.5 Å². The first kappa shape index (κ1) is 19.4. The summed E-state index contributed by atoms with van der Waals surface area (Å²) in [7, 11) is 0. The van der Waals surface area contributed by atoms with E-state index >= 15 is 0 Å². The molecule has 0 aromatic heterocycles. The third kappa shape index (κ3) is 5.34. The first-order valence-corrected chi connectivity index (χ1v) is 10.0. The van der Waals surface area contributed by atoms with Crippen molar-refractivity contribution in [3.63, 3.8) is 0 Å². The summed E-state index contributed by atoms with van der Waals surface area (Å²) < 4.78 is 7.87. The smallest absolute Gasteiger partial charge is 0.119 e. The molecule has 132 valence electrons. The molecule has 0 unspecified atom stereocenters. The summed E-state index contributed by atoms with van der Waals surface area (Å²) in [5.74, 6) is 0.793. The first-order valence-electron chi connectivity index (χ1n) is 7.67. The standard InChI is InChI=1S/C20H13Br2Cl2NO/c21-15-4-3-14(18(22)9-15)12-26-17-6-1-13(2-7-17)11-25-20-8-5-16(23)10-19(20)24/h1-11H,12H2. The molecule has 2 nitrogen and oxygen atoms in total. The molecule has 0 saturated heterocycles. The second kappa shape index (κ2) is 9.05. The molecule has 3 aromatic rings. The fourth-order valence-electron chi connectivity index (χ4n) is 2.18. The Morgan fingerprint density at radius 3 is 2.38 bits per heavy atom. The molecule has 0 radical (unpaired) electrons. The van der Waals surface area contributed by atoms with Crippen LogP contribution in [0.2, 0.25) is 10.0 Å². The molecule has 3 rings (SSSR count). The third-order valence-corrected chi connectivity index (χ3v) is 5.32. The summed E-state index contributed by atoms with van der Waals surface area (Å²) in [6.45, 7) is 0.488. The summed E-state index contributed by atoms with van der Waals surface area (Å²) in [5.41, 5.74) is 2.71. The molecule has 26 heavy (non-hydrogen) atoms. The molecule has 0 atom stereocenters. The van der Waals surface area contributed by atoms with E-state index in [1.54, 1.807) is 24.4 Å². The predicted octanol–water partition coefficient (Wildman–Crippen LogP) is 7.85.